The molecule has 4 nitrogen and oxygen atoms in total. The van der Waals surface area contributed by atoms with Gasteiger partial charge in [-0.05, 0) is 62.4 Å². The Bertz CT molecular complexity index is 576. The van der Waals surface area contributed by atoms with Crippen molar-refractivity contribution in [2.75, 3.05) is 39.9 Å². The fourth-order valence-electron chi connectivity index (χ4n) is 4.44. The molecule has 1 heterocycles. The third-order valence-corrected chi connectivity index (χ3v) is 6.41. The van der Waals surface area contributed by atoms with Gasteiger partial charge in [0, 0.05) is 25.2 Å². The maximum atomic E-state index is 13.1. The van der Waals surface area contributed by atoms with E-state index in [2.05, 4.69) is 10.2 Å². The van der Waals surface area contributed by atoms with E-state index in [0.717, 1.165) is 81.9 Å². The zero-order valence-electron chi connectivity index (χ0n) is 15.8. The van der Waals surface area contributed by atoms with E-state index in [1.165, 1.54) is 0 Å². The molecule has 0 spiro atoms. The van der Waals surface area contributed by atoms with Gasteiger partial charge in [-0.25, -0.2) is 0 Å². The van der Waals surface area contributed by atoms with Gasteiger partial charge in [-0.1, -0.05) is 36.6 Å². The summed E-state index contributed by atoms with van der Waals surface area (Å²) in [6.45, 7) is 4.81. The molecule has 1 aliphatic carbocycles. The summed E-state index contributed by atoms with van der Waals surface area (Å²) in [7, 11) is 1.75. The molecule has 0 bridgehead atoms. The number of hydrogen-bond donors (Lipinski definition) is 1. The second kappa shape index (κ2) is 9.20. The van der Waals surface area contributed by atoms with Crippen LogP contribution >= 0.6 is 11.6 Å². The van der Waals surface area contributed by atoms with E-state index in [9.17, 15) is 4.79 Å². The molecule has 144 valence electrons. The van der Waals surface area contributed by atoms with Crippen molar-refractivity contribution >= 4 is 17.5 Å². The molecule has 3 rings (SSSR count). The minimum absolute atomic E-state index is 0.208. The largest absolute Gasteiger partial charge is 0.383 e. The minimum atomic E-state index is -0.357. The van der Waals surface area contributed by atoms with Crippen molar-refractivity contribution < 1.29 is 9.53 Å². The Kier molecular flexibility index (Phi) is 6.96. The Morgan fingerprint density at radius 2 is 1.88 bits per heavy atom. The summed E-state index contributed by atoms with van der Waals surface area (Å²) < 4.78 is 5.16. The molecule has 0 aromatic heterocycles. The maximum Gasteiger partial charge on any atom is 0.230 e. The van der Waals surface area contributed by atoms with Crippen LogP contribution < -0.4 is 5.32 Å². The summed E-state index contributed by atoms with van der Waals surface area (Å²) >= 11 is 6.04. The number of rotatable bonds is 7. The van der Waals surface area contributed by atoms with E-state index in [-0.39, 0.29) is 11.3 Å². The molecule has 0 atom stereocenters. The molecule has 2 aliphatic rings. The van der Waals surface area contributed by atoms with Crippen LogP contribution in [0, 0.1) is 5.92 Å². The normalized spacial score (nSPS) is 21.0. The lowest BCUT2D eigenvalue weighted by molar-refractivity contribution is -0.126. The Morgan fingerprint density at radius 3 is 2.50 bits per heavy atom. The smallest absolute Gasteiger partial charge is 0.230 e. The molecule has 26 heavy (non-hydrogen) atoms. The van der Waals surface area contributed by atoms with Crippen LogP contribution in [-0.4, -0.2) is 50.7 Å². The van der Waals surface area contributed by atoms with Crippen LogP contribution in [0.15, 0.2) is 24.3 Å². The van der Waals surface area contributed by atoms with Gasteiger partial charge in [0.1, 0.15) is 0 Å². The van der Waals surface area contributed by atoms with Crippen molar-refractivity contribution in [3.8, 4) is 0 Å². The third kappa shape index (κ3) is 4.59. The third-order valence-electron chi connectivity index (χ3n) is 6.16. The summed E-state index contributed by atoms with van der Waals surface area (Å²) in [6.07, 6.45) is 6.42. The van der Waals surface area contributed by atoms with Crippen LogP contribution in [0.4, 0.5) is 0 Å². The molecular weight excluding hydrogens is 348 g/mol. The summed E-state index contributed by atoms with van der Waals surface area (Å²) in [6, 6.07) is 7.86. The standard InChI is InChI=1S/C21H31ClN2O2/c1-26-15-14-24-12-8-17(9-13-24)16-23-20(25)21(10-2-3-11-21)18-4-6-19(22)7-5-18/h4-7,17H,2-3,8-16H2,1H3,(H,23,25). The lowest BCUT2D eigenvalue weighted by Crippen LogP contribution is -2.46. The highest BCUT2D eigenvalue weighted by Gasteiger charge is 2.42. The predicted molar refractivity (Wildman–Crippen MR) is 106 cm³/mol. The van der Waals surface area contributed by atoms with Crippen LogP contribution in [-0.2, 0) is 14.9 Å². The molecule has 5 heteroatoms. The number of benzene rings is 1. The van der Waals surface area contributed by atoms with Crippen LogP contribution in [0.3, 0.4) is 0 Å². The summed E-state index contributed by atoms with van der Waals surface area (Å²) in [5.74, 6) is 0.792. The van der Waals surface area contributed by atoms with Gasteiger partial charge in [0.05, 0.1) is 12.0 Å². The molecule has 1 saturated heterocycles. The highest BCUT2D eigenvalue weighted by Crippen LogP contribution is 2.41. The summed E-state index contributed by atoms with van der Waals surface area (Å²) in [5.41, 5.74) is 0.760. The van der Waals surface area contributed by atoms with Gasteiger partial charge in [-0.2, -0.15) is 0 Å². The minimum Gasteiger partial charge on any atom is -0.383 e. The first-order chi connectivity index (χ1) is 12.6. The molecule has 0 unspecified atom stereocenters. The average Bonchev–Trinajstić information content (AvgIpc) is 3.17. The number of carbonyl (C=O) groups is 1. The van der Waals surface area contributed by atoms with Gasteiger partial charge in [-0.15, -0.1) is 0 Å². The average molecular weight is 379 g/mol. The second-order valence-electron chi connectivity index (χ2n) is 7.78. The van der Waals surface area contributed by atoms with Crippen molar-refractivity contribution in [1.29, 1.82) is 0 Å². The van der Waals surface area contributed by atoms with E-state index < -0.39 is 0 Å². The maximum absolute atomic E-state index is 13.1. The molecule has 2 fully saturated rings. The lowest BCUT2D eigenvalue weighted by atomic mass is 9.78. The van der Waals surface area contributed by atoms with Crippen molar-refractivity contribution in [1.82, 2.24) is 10.2 Å². The zero-order chi connectivity index (χ0) is 18.4. The number of amides is 1. The molecule has 1 N–H and O–H groups in total. The Hall–Kier alpha value is -1.10. The molecule has 1 saturated carbocycles. The van der Waals surface area contributed by atoms with Crippen molar-refractivity contribution in [2.45, 2.75) is 43.9 Å². The van der Waals surface area contributed by atoms with E-state index in [0.29, 0.717) is 5.92 Å². The summed E-state index contributed by atoms with van der Waals surface area (Å²) in [4.78, 5) is 15.6. The van der Waals surface area contributed by atoms with Crippen molar-refractivity contribution in [3.05, 3.63) is 34.9 Å². The van der Waals surface area contributed by atoms with Crippen LogP contribution in [0.1, 0.15) is 44.1 Å². The number of piperidine rings is 1. The van der Waals surface area contributed by atoms with Crippen molar-refractivity contribution in [3.63, 3.8) is 0 Å². The van der Waals surface area contributed by atoms with Crippen LogP contribution in [0.5, 0.6) is 0 Å². The second-order valence-corrected chi connectivity index (χ2v) is 8.22. The fourth-order valence-corrected chi connectivity index (χ4v) is 4.56. The first-order valence-corrected chi connectivity index (χ1v) is 10.3. The lowest BCUT2D eigenvalue weighted by Gasteiger charge is -2.33. The van der Waals surface area contributed by atoms with Gasteiger partial charge in [0.2, 0.25) is 5.91 Å². The van der Waals surface area contributed by atoms with E-state index in [1.54, 1.807) is 7.11 Å². The zero-order valence-corrected chi connectivity index (χ0v) is 16.6. The number of carbonyl (C=O) groups excluding carboxylic acids is 1. The first kappa shape index (κ1) is 19.7. The van der Waals surface area contributed by atoms with Gasteiger partial charge in [-0.3, -0.25) is 4.79 Å². The van der Waals surface area contributed by atoms with Gasteiger partial charge in [0.25, 0.3) is 0 Å². The number of ether oxygens (including phenoxy) is 1. The molecule has 0 radical (unpaired) electrons. The van der Waals surface area contributed by atoms with Crippen molar-refractivity contribution in [2.24, 2.45) is 5.92 Å². The van der Waals surface area contributed by atoms with Gasteiger partial charge < -0.3 is 15.0 Å². The highest BCUT2D eigenvalue weighted by molar-refractivity contribution is 6.30. The van der Waals surface area contributed by atoms with Gasteiger partial charge >= 0.3 is 0 Å². The highest BCUT2D eigenvalue weighted by atomic mass is 35.5. The number of halogens is 1. The Labute approximate surface area is 162 Å². The molecule has 1 aromatic carbocycles. The van der Waals surface area contributed by atoms with E-state index >= 15 is 0 Å². The van der Waals surface area contributed by atoms with Crippen LogP contribution in [0.25, 0.3) is 0 Å². The topological polar surface area (TPSA) is 41.6 Å². The van der Waals surface area contributed by atoms with E-state index in [1.807, 2.05) is 24.3 Å². The van der Waals surface area contributed by atoms with Crippen LogP contribution in [0.2, 0.25) is 5.02 Å². The fraction of sp³-hybridized carbons (Fsp3) is 0.667. The predicted octanol–water partition coefficient (Wildman–Crippen LogP) is 3.63. The van der Waals surface area contributed by atoms with E-state index in [4.69, 9.17) is 16.3 Å². The Morgan fingerprint density at radius 1 is 1.23 bits per heavy atom. The summed E-state index contributed by atoms with van der Waals surface area (Å²) in [5, 5.41) is 4.02. The number of nitrogens with one attached hydrogen (secondary N) is 1. The number of likely N-dealkylation sites (tertiary alicyclic amines) is 1. The quantitative estimate of drug-likeness (QED) is 0.787. The molecular formula is C21H31ClN2O2. The SMILES string of the molecule is COCCN1CCC(CNC(=O)C2(c3ccc(Cl)cc3)CCCC2)CC1. The molecule has 1 amide bonds. The number of hydrogen-bond acceptors (Lipinski definition) is 3. The number of methoxy groups -OCH3 is 1. The first-order valence-electron chi connectivity index (χ1n) is 9.90. The molecule has 1 aromatic rings. The molecule has 1 aliphatic heterocycles. The van der Waals surface area contributed by atoms with Gasteiger partial charge in [0.15, 0.2) is 0 Å². The Balaban J connectivity index is 1.54. The number of nitrogens with zero attached hydrogens (tertiary/aromatic N) is 1. The monoisotopic (exact) mass is 378 g/mol.